The molecule has 1 aromatic heterocycles. The molecule has 4 nitrogen and oxygen atoms in total. The summed E-state index contributed by atoms with van der Waals surface area (Å²) in [6, 6.07) is 8.72. The molecule has 0 amide bonds. The Balaban J connectivity index is 1.86. The van der Waals surface area contributed by atoms with E-state index < -0.39 is 0 Å². The van der Waals surface area contributed by atoms with E-state index in [1.165, 1.54) is 19.4 Å². The van der Waals surface area contributed by atoms with E-state index in [1.54, 1.807) is 0 Å². The smallest absolute Gasteiger partial charge is 0.156 e. The second-order valence-corrected chi connectivity index (χ2v) is 5.03. The van der Waals surface area contributed by atoms with Crippen molar-refractivity contribution in [1.29, 1.82) is 0 Å². The number of benzene rings is 1. The van der Waals surface area contributed by atoms with E-state index in [1.807, 2.05) is 18.3 Å². The minimum atomic E-state index is 0.476. The van der Waals surface area contributed by atoms with Crippen molar-refractivity contribution in [3.05, 3.63) is 30.5 Å². The van der Waals surface area contributed by atoms with Crippen LogP contribution in [-0.2, 0) is 0 Å². The van der Waals surface area contributed by atoms with Crippen LogP contribution < -0.4 is 5.32 Å². The molecule has 3 rings (SSSR count). The maximum atomic E-state index is 4.25. The van der Waals surface area contributed by atoms with Crippen LogP contribution in [-0.4, -0.2) is 41.3 Å². The topological polar surface area (TPSA) is 41.0 Å². The van der Waals surface area contributed by atoms with Gasteiger partial charge in [-0.2, -0.15) is 5.10 Å². The molecule has 0 unspecified atom stereocenters. The molecule has 4 heteroatoms. The van der Waals surface area contributed by atoms with Crippen LogP contribution in [0.15, 0.2) is 30.5 Å². The SMILES string of the molecule is CN1CCC[C@@H](Nc2nncc3ccccc23)C1. The van der Waals surface area contributed by atoms with Crippen LogP contribution in [0.4, 0.5) is 5.82 Å². The molecule has 94 valence electrons. The van der Waals surface area contributed by atoms with Crippen LogP contribution in [0.25, 0.3) is 10.8 Å². The molecule has 0 bridgehead atoms. The van der Waals surface area contributed by atoms with Crippen molar-refractivity contribution in [1.82, 2.24) is 15.1 Å². The van der Waals surface area contributed by atoms with Crippen LogP contribution in [0.5, 0.6) is 0 Å². The van der Waals surface area contributed by atoms with Gasteiger partial charge < -0.3 is 10.2 Å². The summed E-state index contributed by atoms with van der Waals surface area (Å²) < 4.78 is 0. The zero-order chi connectivity index (χ0) is 12.4. The van der Waals surface area contributed by atoms with Crippen LogP contribution in [0.2, 0.25) is 0 Å². The van der Waals surface area contributed by atoms with E-state index >= 15 is 0 Å². The Kier molecular flexibility index (Phi) is 3.11. The lowest BCUT2D eigenvalue weighted by Gasteiger charge is -2.30. The number of nitrogens with one attached hydrogen (secondary N) is 1. The zero-order valence-corrected chi connectivity index (χ0v) is 10.6. The highest BCUT2D eigenvalue weighted by molar-refractivity contribution is 5.90. The number of hydrogen-bond acceptors (Lipinski definition) is 4. The maximum absolute atomic E-state index is 4.25. The van der Waals surface area contributed by atoms with Gasteiger partial charge in [-0.25, -0.2) is 0 Å². The molecule has 0 spiro atoms. The number of likely N-dealkylation sites (tertiary alicyclic amines) is 1. The van der Waals surface area contributed by atoms with Gasteiger partial charge in [-0.3, -0.25) is 0 Å². The molecule has 1 fully saturated rings. The van der Waals surface area contributed by atoms with Crippen molar-refractivity contribution >= 4 is 16.6 Å². The monoisotopic (exact) mass is 242 g/mol. The summed E-state index contributed by atoms with van der Waals surface area (Å²) in [5.74, 6) is 0.911. The molecule has 1 atom stereocenters. The second kappa shape index (κ2) is 4.90. The molecular weight excluding hydrogens is 224 g/mol. The Morgan fingerprint density at radius 1 is 1.33 bits per heavy atom. The summed E-state index contributed by atoms with van der Waals surface area (Å²) in [6.45, 7) is 2.27. The summed E-state index contributed by atoms with van der Waals surface area (Å²) in [6.07, 6.45) is 4.26. The minimum absolute atomic E-state index is 0.476. The van der Waals surface area contributed by atoms with Gasteiger partial charge in [-0.1, -0.05) is 24.3 Å². The second-order valence-electron chi connectivity index (χ2n) is 5.03. The molecule has 1 aliphatic rings. The number of piperidine rings is 1. The van der Waals surface area contributed by atoms with E-state index in [-0.39, 0.29) is 0 Å². The van der Waals surface area contributed by atoms with E-state index in [0.29, 0.717) is 6.04 Å². The predicted molar refractivity (Wildman–Crippen MR) is 73.7 cm³/mol. The number of aromatic nitrogens is 2. The molecule has 1 saturated heterocycles. The first-order chi connectivity index (χ1) is 8.83. The van der Waals surface area contributed by atoms with Crippen molar-refractivity contribution in [2.45, 2.75) is 18.9 Å². The molecule has 2 heterocycles. The van der Waals surface area contributed by atoms with Crippen LogP contribution in [0, 0.1) is 0 Å². The molecule has 1 aliphatic heterocycles. The van der Waals surface area contributed by atoms with Crippen LogP contribution in [0.1, 0.15) is 12.8 Å². The average Bonchev–Trinajstić information content (AvgIpc) is 2.39. The lowest BCUT2D eigenvalue weighted by Crippen LogP contribution is -2.39. The van der Waals surface area contributed by atoms with E-state index in [2.05, 4.69) is 39.6 Å². The van der Waals surface area contributed by atoms with Gasteiger partial charge >= 0.3 is 0 Å². The Morgan fingerprint density at radius 3 is 3.11 bits per heavy atom. The molecule has 0 saturated carbocycles. The molecular formula is C14H18N4. The summed E-state index contributed by atoms with van der Waals surface area (Å²) in [5.41, 5.74) is 0. The molecule has 0 aliphatic carbocycles. The number of fused-ring (bicyclic) bond motifs is 1. The third-order valence-electron chi connectivity index (χ3n) is 3.54. The number of rotatable bonds is 2. The highest BCUT2D eigenvalue weighted by Gasteiger charge is 2.18. The van der Waals surface area contributed by atoms with E-state index in [9.17, 15) is 0 Å². The Hall–Kier alpha value is -1.68. The average molecular weight is 242 g/mol. The van der Waals surface area contributed by atoms with Gasteiger partial charge in [0.1, 0.15) is 0 Å². The summed E-state index contributed by atoms with van der Waals surface area (Å²) in [5, 5.41) is 14.1. The van der Waals surface area contributed by atoms with Crippen molar-refractivity contribution < 1.29 is 0 Å². The lowest BCUT2D eigenvalue weighted by atomic mass is 10.1. The fraction of sp³-hybridized carbons (Fsp3) is 0.429. The fourth-order valence-corrected chi connectivity index (χ4v) is 2.61. The normalized spacial score (nSPS) is 21.1. The first-order valence-corrected chi connectivity index (χ1v) is 6.48. The quantitative estimate of drug-likeness (QED) is 0.876. The number of hydrogen-bond donors (Lipinski definition) is 1. The first kappa shape index (κ1) is 11.4. The van der Waals surface area contributed by atoms with Crippen molar-refractivity contribution in [3.63, 3.8) is 0 Å². The minimum Gasteiger partial charge on any atom is -0.364 e. The van der Waals surface area contributed by atoms with Gasteiger partial charge in [0.25, 0.3) is 0 Å². The third-order valence-corrected chi connectivity index (χ3v) is 3.54. The summed E-state index contributed by atoms with van der Waals surface area (Å²) in [4.78, 5) is 2.36. The Labute approximate surface area is 107 Å². The van der Waals surface area contributed by atoms with E-state index in [0.717, 1.165) is 23.1 Å². The zero-order valence-electron chi connectivity index (χ0n) is 10.6. The molecule has 1 N–H and O–H groups in total. The standard InChI is InChI=1S/C14H18N4/c1-18-8-4-6-12(10-18)16-14-13-7-3-2-5-11(13)9-15-17-14/h2-3,5,7,9,12H,4,6,8,10H2,1H3,(H,16,17)/t12-/m1/s1. The maximum Gasteiger partial charge on any atom is 0.156 e. The van der Waals surface area contributed by atoms with Gasteiger partial charge in [0.15, 0.2) is 5.82 Å². The summed E-state index contributed by atoms with van der Waals surface area (Å²) >= 11 is 0. The van der Waals surface area contributed by atoms with Gasteiger partial charge in [-0.15, -0.1) is 5.10 Å². The van der Waals surface area contributed by atoms with Gasteiger partial charge in [0, 0.05) is 23.4 Å². The van der Waals surface area contributed by atoms with Crippen molar-refractivity contribution in [2.75, 3.05) is 25.5 Å². The highest BCUT2D eigenvalue weighted by atomic mass is 15.2. The van der Waals surface area contributed by atoms with Crippen LogP contribution >= 0.6 is 0 Å². The Bertz CT molecular complexity index is 535. The highest BCUT2D eigenvalue weighted by Crippen LogP contribution is 2.21. The number of anilines is 1. The van der Waals surface area contributed by atoms with Crippen molar-refractivity contribution in [2.24, 2.45) is 0 Å². The van der Waals surface area contributed by atoms with Crippen LogP contribution in [0.3, 0.4) is 0 Å². The molecule has 1 aromatic carbocycles. The third kappa shape index (κ3) is 2.29. The molecule has 2 aromatic rings. The van der Waals surface area contributed by atoms with Gasteiger partial charge in [0.2, 0.25) is 0 Å². The van der Waals surface area contributed by atoms with E-state index in [4.69, 9.17) is 0 Å². The number of nitrogens with zero attached hydrogens (tertiary/aromatic N) is 3. The van der Waals surface area contributed by atoms with Crippen molar-refractivity contribution in [3.8, 4) is 0 Å². The Morgan fingerprint density at radius 2 is 2.22 bits per heavy atom. The van der Waals surface area contributed by atoms with Gasteiger partial charge in [-0.05, 0) is 26.4 Å². The molecule has 0 radical (unpaired) electrons. The largest absolute Gasteiger partial charge is 0.364 e. The predicted octanol–water partition coefficient (Wildman–Crippen LogP) is 2.14. The van der Waals surface area contributed by atoms with Gasteiger partial charge in [0.05, 0.1) is 6.20 Å². The lowest BCUT2D eigenvalue weighted by molar-refractivity contribution is 0.261. The number of likely N-dealkylation sites (N-methyl/N-ethyl adjacent to an activating group) is 1. The first-order valence-electron chi connectivity index (χ1n) is 6.48. The fourth-order valence-electron chi connectivity index (χ4n) is 2.61. The summed E-state index contributed by atoms with van der Waals surface area (Å²) in [7, 11) is 2.17. The molecule has 18 heavy (non-hydrogen) atoms.